The highest BCUT2D eigenvalue weighted by Crippen LogP contribution is 2.33. The maximum Gasteiger partial charge on any atom is 0.372 e. The molecule has 0 spiro atoms. The van der Waals surface area contributed by atoms with Gasteiger partial charge >= 0.3 is 5.97 Å². The van der Waals surface area contributed by atoms with Crippen LogP contribution in [0.25, 0.3) is 28.0 Å². The first-order chi connectivity index (χ1) is 12.6. The highest BCUT2D eigenvalue weighted by molar-refractivity contribution is 5.92. The smallest absolute Gasteiger partial charge is 0.372 e. The maximum atomic E-state index is 13.6. The Morgan fingerprint density at radius 2 is 1.96 bits per heavy atom. The molecular formula is C20H14FN3O2. The molecule has 128 valence electrons. The molecule has 0 aliphatic heterocycles. The van der Waals surface area contributed by atoms with Gasteiger partial charge in [-0.25, -0.2) is 14.2 Å². The van der Waals surface area contributed by atoms with Crippen molar-refractivity contribution < 1.29 is 14.3 Å². The highest BCUT2D eigenvalue weighted by atomic mass is 19.1. The number of hydrogen-bond acceptors (Lipinski definition) is 3. The van der Waals surface area contributed by atoms with Gasteiger partial charge in [0.25, 0.3) is 0 Å². The van der Waals surface area contributed by atoms with Crippen molar-refractivity contribution in [2.24, 2.45) is 0 Å². The number of fused-ring (bicyclic) bond motifs is 1. The van der Waals surface area contributed by atoms with Crippen LogP contribution in [0.4, 0.5) is 4.39 Å². The van der Waals surface area contributed by atoms with E-state index in [2.05, 4.69) is 9.97 Å². The quantitative estimate of drug-likeness (QED) is 0.603. The van der Waals surface area contributed by atoms with E-state index in [1.165, 1.54) is 10.5 Å². The number of aryl methyl sites for hydroxylation is 1. The number of aromatic carboxylic acids is 1. The lowest BCUT2D eigenvalue weighted by Gasteiger charge is -2.08. The minimum atomic E-state index is -1.11. The van der Waals surface area contributed by atoms with Crippen molar-refractivity contribution in [3.63, 3.8) is 0 Å². The molecule has 26 heavy (non-hydrogen) atoms. The lowest BCUT2D eigenvalue weighted by atomic mass is 10.0. The second-order valence-electron chi connectivity index (χ2n) is 5.91. The summed E-state index contributed by atoms with van der Waals surface area (Å²) in [5, 5.41) is 9.46. The largest absolute Gasteiger partial charge is 0.475 e. The molecule has 5 nitrogen and oxygen atoms in total. The molecule has 0 atom stereocenters. The fourth-order valence-corrected chi connectivity index (χ4v) is 3.01. The Balaban J connectivity index is 2.00. The van der Waals surface area contributed by atoms with Crippen molar-refractivity contribution in [2.75, 3.05) is 0 Å². The Morgan fingerprint density at radius 1 is 1.12 bits per heavy atom. The molecule has 0 unspecified atom stereocenters. The van der Waals surface area contributed by atoms with E-state index in [9.17, 15) is 14.3 Å². The molecule has 0 aliphatic rings. The molecule has 1 aromatic carbocycles. The second kappa shape index (κ2) is 6.07. The van der Waals surface area contributed by atoms with Crippen molar-refractivity contribution in [1.29, 1.82) is 0 Å². The summed E-state index contributed by atoms with van der Waals surface area (Å²) < 4.78 is 15.2. The molecule has 0 amide bonds. The molecule has 0 fully saturated rings. The fourth-order valence-electron chi connectivity index (χ4n) is 3.01. The van der Waals surface area contributed by atoms with Gasteiger partial charge in [0.2, 0.25) is 5.82 Å². The van der Waals surface area contributed by atoms with Crippen LogP contribution in [0.15, 0.2) is 60.9 Å². The monoisotopic (exact) mass is 347 g/mol. The van der Waals surface area contributed by atoms with Crippen LogP contribution in [-0.2, 0) is 0 Å². The molecule has 3 heterocycles. The molecule has 0 saturated heterocycles. The van der Waals surface area contributed by atoms with Crippen molar-refractivity contribution in [1.82, 2.24) is 14.4 Å². The number of imidazole rings is 1. The molecule has 0 saturated carbocycles. The Labute approximate surface area is 148 Å². The van der Waals surface area contributed by atoms with Crippen LogP contribution < -0.4 is 0 Å². The fraction of sp³-hybridized carbons (Fsp3) is 0.0500. The Kier molecular flexibility index (Phi) is 3.73. The normalized spacial score (nSPS) is 11.0. The molecule has 1 N–H and O–H groups in total. The van der Waals surface area contributed by atoms with Gasteiger partial charge in [-0.15, -0.1) is 0 Å². The molecule has 0 aliphatic carbocycles. The van der Waals surface area contributed by atoms with Crippen molar-refractivity contribution in [2.45, 2.75) is 6.92 Å². The number of nitrogens with zero attached hydrogens (tertiary/aromatic N) is 3. The minimum absolute atomic E-state index is 0.0688. The van der Waals surface area contributed by atoms with Crippen molar-refractivity contribution >= 4 is 11.5 Å². The molecule has 4 aromatic rings. The summed E-state index contributed by atoms with van der Waals surface area (Å²) in [6.45, 7) is 1.69. The second-order valence-corrected chi connectivity index (χ2v) is 5.91. The van der Waals surface area contributed by atoms with Crippen LogP contribution in [0, 0.1) is 12.7 Å². The number of aromatic nitrogens is 3. The number of carboxylic acids is 1. The molecular weight excluding hydrogens is 333 g/mol. The number of pyridine rings is 2. The van der Waals surface area contributed by atoms with E-state index < -0.39 is 5.97 Å². The zero-order chi connectivity index (χ0) is 18.3. The molecule has 4 rings (SSSR count). The first kappa shape index (κ1) is 16.0. The predicted octanol–water partition coefficient (Wildman–Crippen LogP) is 4.21. The Hall–Kier alpha value is -3.54. The van der Waals surface area contributed by atoms with Gasteiger partial charge in [-0.1, -0.05) is 6.07 Å². The van der Waals surface area contributed by atoms with Gasteiger partial charge < -0.3 is 5.11 Å². The van der Waals surface area contributed by atoms with Crippen LogP contribution in [0.5, 0.6) is 0 Å². The lowest BCUT2D eigenvalue weighted by molar-refractivity contribution is 0.0683. The van der Waals surface area contributed by atoms with E-state index in [0.717, 1.165) is 5.56 Å². The Bertz CT molecular complexity index is 1150. The first-order valence-electron chi connectivity index (χ1n) is 7.98. The van der Waals surface area contributed by atoms with Gasteiger partial charge in [0, 0.05) is 23.5 Å². The van der Waals surface area contributed by atoms with Crippen LogP contribution in [0.2, 0.25) is 0 Å². The summed E-state index contributed by atoms with van der Waals surface area (Å²) in [4.78, 5) is 20.3. The number of carboxylic acid groups (broad SMARTS) is 1. The van der Waals surface area contributed by atoms with Crippen molar-refractivity contribution in [3.05, 3.63) is 78.1 Å². The number of halogens is 1. The topological polar surface area (TPSA) is 67.5 Å². The van der Waals surface area contributed by atoms with Gasteiger partial charge in [-0.3, -0.25) is 9.38 Å². The molecule has 0 bridgehead atoms. The summed E-state index contributed by atoms with van der Waals surface area (Å²) in [6, 6.07) is 13.8. The standard InChI is InChI=1S/C20H14FN3O2/c1-12-11-13(7-8-15(12)21)17-14(5-4-9-22-17)18-16-6-2-3-10-24(16)19(23-18)20(25)26/h2-11H,1H3,(H,25,26). The third-order valence-corrected chi connectivity index (χ3v) is 4.23. The third-order valence-electron chi connectivity index (χ3n) is 4.23. The van der Waals surface area contributed by atoms with Gasteiger partial charge in [-0.2, -0.15) is 0 Å². The minimum Gasteiger partial charge on any atom is -0.475 e. The third kappa shape index (κ3) is 2.52. The Morgan fingerprint density at radius 3 is 2.73 bits per heavy atom. The van der Waals surface area contributed by atoms with Crippen LogP contribution in [-0.4, -0.2) is 25.4 Å². The molecule has 3 aromatic heterocycles. The SMILES string of the molecule is Cc1cc(-c2ncccc2-c2nc(C(=O)O)n3ccccc23)ccc1F. The van der Waals surface area contributed by atoms with E-state index in [4.69, 9.17) is 0 Å². The average molecular weight is 347 g/mol. The lowest BCUT2D eigenvalue weighted by Crippen LogP contribution is -2.02. The number of benzene rings is 1. The zero-order valence-corrected chi connectivity index (χ0v) is 13.8. The maximum absolute atomic E-state index is 13.6. The van der Waals surface area contributed by atoms with E-state index in [1.807, 2.05) is 18.2 Å². The van der Waals surface area contributed by atoms with E-state index in [-0.39, 0.29) is 11.6 Å². The van der Waals surface area contributed by atoms with Gasteiger partial charge in [0.15, 0.2) is 0 Å². The molecule has 6 heteroatoms. The predicted molar refractivity (Wildman–Crippen MR) is 95.5 cm³/mol. The van der Waals surface area contributed by atoms with Crippen molar-refractivity contribution in [3.8, 4) is 22.5 Å². The number of carbonyl (C=O) groups is 1. The van der Waals surface area contributed by atoms with Crippen LogP contribution in [0.3, 0.4) is 0 Å². The average Bonchev–Trinajstić information content (AvgIpc) is 3.04. The van der Waals surface area contributed by atoms with E-state index in [1.54, 1.807) is 43.6 Å². The van der Waals surface area contributed by atoms with Crippen LogP contribution >= 0.6 is 0 Å². The highest BCUT2D eigenvalue weighted by Gasteiger charge is 2.20. The summed E-state index contributed by atoms with van der Waals surface area (Å²) in [7, 11) is 0. The zero-order valence-electron chi connectivity index (χ0n) is 13.8. The summed E-state index contributed by atoms with van der Waals surface area (Å²) in [5.74, 6) is -1.46. The summed E-state index contributed by atoms with van der Waals surface area (Å²) >= 11 is 0. The van der Waals surface area contributed by atoms with E-state index in [0.29, 0.717) is 28.0 Å². The molecule has 0 radical (unpaired) electrons. The first-order valence-corrected chi connectivity index (χ1v) is 7.98. The number of hydrogen-bond donors (Lipinski definition) is 1. The summed E-state index contributed by atoms with van der Waals surface area (Å²) in [6.07, 6.45) is 3.31. The number of rotatable bonds is 3. The van der Waals surface area contributed by atoms with Gasteiger partial charge in [0.1, 0.15) is 5.82 Å². The van der Waals surface area contributed by atoms with E-state index >= 15 is 0 Å². The summed E-state index contributed by atoms with van der Waals surface area (Å²) in [5.41, 5.74) is 3.76. The van der Waals surface area contributed by atoms with Gasteiger partial charge in [-0.05, 0) is 55.0 Å². The van der Waals surface area contributed by atoms with Crippen LogP contribution in [0.1, 0.15) is 16.2 Å². The van der Waals surface area contributed by atoms with Gasteiger partial charge in [0.05, 0.1) is 16.9 Å².